The van der Waals surface area contributed by atoms with E-state index in [0.717, 1.165) is 0 Å². The summed E-state index contributed by atoms with van der Waals surface area (Å²) >= 11 is 0. The Balaban J connectivity index is 2.38. The lowest BCUT2D eigenvalue weighted by Crippen LogP contribution is -2.42. The highest BCUT2D eigenvalue weighted by Crippen LogP contribution is 2.05. The summed E-state index contributed by atoms with van der Waals surface area (Å²) in [5, 5.41) is 0. The molecule has 0 aromatic heterocycles. The van der Waals surface area contributed by atoms with E-state index in [1.807, 2.05) is 6.92 Å². The maximum absolute atomic E-state index is 11.7. The van der Waals surface area contributed by atoms with Gasteiger partial charge in [-0.1, -0.05) is 0 Å². The summed E-state index contributed by atoms with van der Waals surface area (Å²) in [6.07, 6.45) is 0. The third kappa shape index (κ3) is 3.53. The highest BCUT2D eigenvalue weighted by molar-refractivity contribution is 7.89. The van der Waals surface area contributed by atoms with Crippen molar-refractivity contribution in [1.82, 2.24) is 4.31 Å². The Kier molecular flexibility index (Phi) is 4.80. The first-order valence-electron chi connectivity index (χ1n) is 4.80. The van der Waals surface area contributed by atoms with Crippen molar-refractivity contribution in [3.05, 3.63) is 0 Å². The van der Waals surface area contributed by atoms with Crippen LogP contribution in [0, 0.1) is 0 Å². The van der Waals surface area contributed by atoms with Crippen molar-refractivity contribution in [3.63, 3.8) is 0 Å². The number of rotatable bonds is 5. The molecule has 0 aromatic rings. The van der Waals surface area contributed by atoms with Crippen LogP contribution in [0.5, 0.6) is 0 Å². The van der Waals surface area contributed by atoms with E-state index in [1.54, 1.807) is 0 Å². The zero-order valence-electron chi connectivity index (χ0n) is 8.44. The summed E-state index contributed by atoms with van der Waals surface area (Å²) in [7, 11) is -3.13. The van der Waals surface area contributed by atoms with Crippen molar-refractivity contribution in [2.75, 3.05) is 45.3 Å². The molecule has 1 rings (SSSR count). The second kappa shape index (κ2) is 5.65. The lowest BCUT2D eigenvalue weighted by Gasteiger charge is -2.25. The van der Waals surface area contributed by atoms with E-state index >= 15 is 0 Å². The molecular weight excluding hydrogens is 206 g/mol. The number of sulfonamides is 1. The first-order chi connectivity index (χ1) is 6.67. The Bertz CT molecular complexity index is 246. The summed E-state index contributed by atoms with van der Waals surface area (Å²) in [5.74, 6) is 0.0703. The second-order valence-corrected chi connectivity index (χ2v) is 5.11. The van der Waals surface area contributed by atoms with Gasteiger partial charge in [0.25, 0.3) is 0 Å². The molecule has 0 aromatic carbocycles. The van der Waals surface area contributed by atoms with Gasteiger partial charge in [0.05, 0.1) is 25.6 Å². The van der Waals surface area contributed by atoms with Crippen molar-refractivity contribution >= 4 is 10.0 Å². The maximum Gasteiger partial charge on any atom is 0.216 e. The molecule has 0 spiro atoms. The van der Waals surface area contributed by atoms with Gasteiger partial charge in [-0.3, -0.25) is 0 Å². The normalized spacial score (nSPS) is 19.8. The van der Waals surface area contributed by atoms with Gasteiger partial charge in [0, 0.05) is 19.7 Å². The van der Waals surface area contributed by atoms with Gasteiger partial charge >= 0.3 is 0 Å². The molecule has 0 amide bonds. The van der Waals surface area contributed by atoms with Gasteiger partial charge in [0.15, 0.2) is 0 Å². The lowest BCUT2D eigenvalue weighted by atomic mass is 10.5. The van der Waals surface area contributed by atoms with Gasteiger partial charge in [0.1, 0.15) is 0 Å². The molecule has 1 heterocycles. The zero-order chi connectivity index (χ0) is 10.4. The monoisotopic (exact) mass is 223 g/mol. The van der Waals surface area contributed by atoms with E-state index in [0.29, 0.717) is 32.9 Å². The van der Waals surface area contributed by atoms with Crippen LogP contribution >= 0.6 is 0 Å². The molecule has 1 aliphatic rings. The molecular formula is C8H17NO4S. The van der Waals surface area contributed by atoms with Gasteiger partial charge < -0.3 is 9.47 Å². The van der Waals surface area contributed by atoms with E-state index in [4.69, 9.17) is 9.47 Å². The summed E-state index contributed by atoms with van der Waals surface area (Å²) in [4.78, 5) is 0. The van der Waals surface area contributed by atoms with Crippen molar-refractivity contribution in [2.45, 2.75) is 6.92 Å². The molecule has 1 saturated heterocycles. The lowest BCUT2D eigenvalue weighted by molar-refractivity contribution is 0.0724. The smallest absolute Gasteiger partial charge is 0.216 e. The van der Waals surface area contributed by atoms with E-state index < -0.39 is 10.0 Å². The van der Waals surface area contributed by atoms with Crippen LogP contribution in [0.15, 0.2) is 0 Å². The number of nitrogens with zero attached hydrogens (tertiary/aromatic N) is 1. The largest absolute Gasteiger partial charge is 0.381 e. The minimum atomic E-state index is -3.13. The van der Waals surface area contributed by atoms with E-state index in [9.17, 15) is 8.42 Å². The predicted molar refractivity (Wildman–Crippen MR) is 52.7 cm³/mol. The van der Waals surface area contributed by atoms with Crippen LogP contribution in [0.4, 0.5) is 0 Å². The number of ether oxygens (including phenoxy) is 2. The Hall–Kier alpha value is -0.170. The second-order valence-electron chi connectivity index (χ2n) is 3.02. The molecule has 84 valence electrons. The van der Waals surface area contributed by atoms with Crippen molar-refractivity contribution in [2.24, 2.45) is 0 Å². The molecule has 0 radical (unpaired) electrons. The molecule has 5 nitrogen and oxygen atoms in total. The summed E-state index contributed by atoms with van der Waals surface area (Å²) in [5.41, 5.74) is 0. The Morgan fingerprint density at radius 1 is 1.36 bits per heavy atom. The minimum absolute atomic E-state index is 0.0703. The first-order valence-corrected chi connectivity index (χ1v) is 6.41. The predicted octanol–water partition coefficient (Wildman–Crippen LogP) is -0.315. The van der Waals surface area contributed by atoms with Crippen LogP contribution in [0.25, 0.3) is 0 Å². The molecule has 0 unspecified atom stereocenters. The summed E-state index contributed by atoms with van der Waals surface area (Å²) in [6.45, 7) is 4.60. The average molecular weight is 223 g/mol. The molecule has 0 bridgehead atoms. The van der Waals surface area contributed by atoms with E-state index in [1.165, 1.54) is 4.31 Å². The number of morpholine rings is 1. The molecule has 14 heavy (non-hydrogen) atoms. The fraction of sp³-hybridized carbons (Fsp3) is 1.00. The van der Waals surface area contributed by atoms with Crippen LogP contribution in [0.3, 0.4) is 0 Å². The molecule has 0 saturated carbocycles. The standard InChI is InChI=1S/C8H17NO4S/c1-2-12-7-8-14(10,11)9-3-5-13-6-4-9/h2-8H2,1H3. The molecule has 1 fully saturated rings. The van der Waals surface area contributed by atoms with Crippen molar-refractivity contribution in [1.29, 1.82) is 0 Å². The van der Waals surface area contributed by atoms with Crippen molar-refractivity contribution < 1.29 is 17.9 Å². The Labute approximate surface area is 85.0 Å². The Morgan fingerprint density at radius 3 is 2.57 bits per heavy atom. The topological polar surface area (TPSA) is 55.8 Å². The average Bonchev–Trinajstić information content (AvgIpc) is 2.19. The number of hydrogen-bond acceptors (Lipinski definition) is 4. The van der Waals surface area contributed by atoms with Crippen LogP contribution in [0.1, 0.15) is 6.92 Å². The van der Waals surface area contributed by atoms with Gasteiger partial charge in [-0.2, -0.15) is 4.31 Å². The molecule has 1 aliphatic heterocycles. The molecule has 0 N–H and O–H groups in total. The highest BCUT2D eigenvalue weighted by atomic mass is 32.2. The van der Waals surface area contributed by atoms with Crippen molar-refractivity contribution in [3.8, 4) is 0 Å². The summed E-state index contributed by atoms with van der Waals surface area (Å²) in [6, 6.07) is 0. The maximum atomic E-state index is 11.7. The quantitative estimate of drug-likeness (QED) is 0.600. The Morgan fingerprint density at radius 2 is 2.00 bits per heavy atom. The third-order valence-corrected chi connectivity index (χ3v) is 3.89. The zero-order valence-corrected chi connectivity index (χ0v) is 9.25. The SMILES string of the molecule is CCOCCS(=O)(=O)N1CCOCC1. The minimum Gasteiger partial charge on any atom is -0.381 e. The van der Waals surface area contributed by atoms with E-state index in [-0.39, 0.29) is 12.4 Å². The van der Waals surface area contributed by atoms with Gasteiger partial charge in [0.2, 0.25) is 10.0 Å². The summed E-state index contributed by atoms with van der Waals surface area (Å²) < 4.78 is 34.9. The first kappa shape index (κ1) is 11.9. The van der Waals surface area contributed by atoms with Crippen LogP contribution in [0.2, 0.25) is 0 Å². The third-order valence-electron chi connectivity index (χ3n) is 2.05. The fourth-order valence-electron chi connectivity index (χ4n) is 1.26. The van der Waals surface area contributed by atoms with Crippen LogP contribution in [-0.4, -0.2) is 58.0 Å². The van der Waals surface area contributed by atoms with Crippen LogP contribution < -0.4 is 0 Å². The fourth-order valence-corrected chi connectivity index (χ4v) is 2.55. The van der Waals surface area contributed by atoms with Gasteiger partial charge in [-0.25, -0.2) is 8.42 Å². The van der Waals surface area contributed by atoms with E-state index in [2.05, 4.69) is 0 Å². The van der Waals surface area contributed by atoms with Crippen LogP contribution in [-0.2, 0) is 19.5 Å². The molecule has 0 aliphatic carbocycles. The highest BCUT2D eigenvalue weighted by Gasteiger charge is 2.23. The molecule has 0 atom stereocenters. The molecule has 6 heteroatoms. The van der Waals surface area contributed by atoms with Gasteiger partial charge in [-0.15, -0.1) is 0 Å². The van der Waals surface area contributed by atoms with Gasteiger partial charge in [-0.05, 0) is 6.92 Å². The number of hydrogen-bond donors (Lipinski definition) is 0.